The molecule has 3 nitrogen and oxygen atoms in total. The molecule has 1 aliphatic rings. The Morgan fingerprint density at radius 3 is 3.12 bits per heavy atom. The summed E-state index contributed by atoms with van der Waals surface area (Å²) in [6.07, 6.45) is 2.97. The molecule has 3 rings (SSSR count). The van der Waals surface area contributed by atoms with Gasteiger partial charge in [-0.25, -0.2) is 0 Å². The lowest BCUT2D eigenvalue weighted by Gasteiger charge is -2.33. The number of likely N-dealkylation sites (tertiary alicyclic amines) is 1. The zero-order chi connectivity index (χ0) is 11.8. The second-order valence-corrected chi connectivity index (χ2v) is 5.89. The third kappa shape index (κ3) is 2.08. The number of hydrogen-bond acceptors (Lipinski definition) is 4. The predicted molar refractivity (Wildman–Crippen MR) is 72.5 cm³/mol. The van der Waals surface area contributed by atoms with Crippen molar-refractivity contribution in [1.82, 2.24) is 9.88 Å². The minimum Gasteiger partial charge on any atom is -0.327 e. The van der Waals surface area contributed by atoms with Crippen LogP contribution < -0.4 is 5.73 Å². The molecule has 0 saturated carbocycles. The van der Waals surface area contributed by atoms with Crippen LogP contribution in [0, 0.1) is 0 Å². The van der Waals surface area contributed by atoms with Crippen molar-refractivity contribution < 1.29 is 0 Å². The van der Waals surface area contributed by atoms with E-state index in [9.17, 15) is 0 Å². The van der Waals surface area contributed by atoms with Crippen molar-refractivity contribution in [2.75, 3.05) is 20.1 Å². The maximum absolute atomic E-state index is 6.11. The van der Waals surface area contributed by atoms with E-state index in [1.807, 2.05) is 6.20 Å². The minimum absolute atomic E-state index is 0.273. The number of aromatic nitrogens is 1. The Hall–Kier alpha value is -0.970. The highest BCUT2D eigenvalue weighted by atomic mass is 32.1. The fourth-order valence-corrected chi connectivity index (χ4v) is 3.60. The second kappa shape index (κ2) is 4.37. The molecule has 3 heterocycles. The topological polar surface area (TPSA) is 42.1 Å². The van der Waals surface area contributed by atoms with Crippen LogP contribution in [0.1, 0.15) is 18.0 Å². The number of piperidine rings is 1. The number of pyridine rings is 1. The van der Waals surface area contributed by atoms with E-state index in [1.54, 1.807) is 11.3 Å². The Kier molecular flexibility index (Phi) is 2.86. The zero-order valence-corrected chi connectivity index (χ0v) is 10.8. The number of nitrogens with zero attached hydrogens (tertiary/aromatic N) is 2. The fourth-order valence-electron chi connectivity index (χ4n) is 2.81. The van der Waals surface area contributed by atoms with E-state index in [1.165, 1.54) is 15.8 Å². The summed E-state index contributed by atoms with van der Waals surface area (Å²) in [7, 11) is 2.14. The van der Waals surface area contributed by atoms with Crippen molar-refractivity contribution in [1.29, 1.82) is 0 Å². The molecule has 4 heteroatoms. The summed E-state index contributed by atoms with van der Waals surface area (Å²) in [4.78, 5) is 6.91. The number of thiophene rings is 1. The van der Waals surface area contributed by atoms with E-state index in [-0.39, 0.29) is 6.04 Å². The first-order chi connectivity index (χ1) is 8.24. The average Bonchev–Trinajstić information content (AvgIpc) is 2.75. The van der Waals surface area contributed by atoms with Crippen molar-refractivity contribution in [3.05, 3.63) is 29.4 Å². The summed E-state index contributed by atoms with van der Waals surface area (Å²) in [5.41, 5.74) is 7.33. The summed E-state index contributed by atoms with van der Waals surface area (Å²) in [5, 5.41) is 3.45. The highest BCUT2D eigenvalue weighted by molar-refractivity contribution is 7.17. The maximum atomic E-state index is 6.11. The number of likely N-dealkylation sites (N-methyl/N-ethyl adjacent to an activating group) is 1. The van der Waals surface area contributed by atoms with Crippen LogP contribution in [0.3, 0.4) is 0 Å². The maximum Gasteiger partial charge on any atom is 0.0534 e. The molecular formula is C13H17N3S. The number of rotatable bonds is 1. The zero-order valence-electron chi connectivity index (χ0n) is 9.97. The van der Waals surface area contributed by atoms with E-state index < -0.39 is 0 Å². The van der Waals surface area contributed by atoms with Crippen molar-refractivity contribution >= 4 is 21.4 Å². The molecule has 1 fully saturated rings. The Morgan fingerprint density at radius 1 is 1.41 bits per heavy atom. The molecule has 2 atom stereocenters. The summed E-state index contributed by atoms with van der Waals surface area (Å²) >= 11 is 1.78. The minimum atomic E-state index is 0.273. The molecule has 0 aromatic carbocycles. The summed E-state index contributed by atoms with van der Waals surface area (Å²) in [6, 6.07) is 4.55. The third-order valence-electron chi connectivity index (χ3n) is 3.46. The van der Waals surface area contributed by atoms with Crippen LogP contribution in [0.5, 0.6) is 0 Å². The third-order valence-corrected chi connectivity index (χ3v) is 4.34. The molecule has 1 aliphatic heterocycles. The van der Waals surface area contributed by atoms with Crippen molar-refractivity contribution in [3.63, 3.8) is 0 Å². The van der Waals surface area contributed by atoms with E-state index in [0.29, 0.717) is 5.92 Å². The van der Waals surface area contributed by atoms with Gasteiger partial charge in [-0.15, -0.1) is 11.3 Å². The van der Waals surface area contributed by atoms with Crippen LogP contribution in [0.15, 0.2) is 23.7 Å². The van der Waals surface area contributed by atoms with Crippen molar-refractivity contribution in [3.8, 4) is 0 Å². The lowest BCUT2D eigenvalue weighted by Crippen LogP contribution is -2.44. The normalized spacial score (nSPS) is 26.5. The fraction of sp³-hybridized carbons (Fsp3) is 0.462. The molecule has 0 spiro atoms. The molecule has 90 valence electrons. The standard InChI is InChI=1S/C13H17N3S/c1-16-7-9(6-10(14)8-16)13-11-3-5-17-12(11)2-4-15-13/h2-5,9-10H,6-8,14H2,1H3. The molecule has 0 bridgehead atoms. The highest BCUT2D eigenvalue weighted by Crippen LogP contribution is 2.31. The van der Waals surface area contributed by atoms with Crippen LogP contribution in [-0.2, 0) is 0 Å². The highest BCUT2D eigenvalue weighted by Gasteiger charge is 2.26. The van der Waals surface area contributed by atoms with Crippen LogP contribution in [-0.4, -0.2) is 36.1 Å². The number of nitrogens with two attached hydrogens (primary N) is 1. The Balaban J connectivity index is 2.00. The first-order valence-corrected chi connectivity index (χ1v) is 6.88. The van der Waals surface area contributed by atoms with E-state index in [2.05, 4.69) is 34.4 Å². The summed E-state index contributed by atoms with van der Waals surface area (Å²) in [5.74, 6) is 0.474. The van der Waals surface area contributed by atoms with Crippen molar-refractivity contribution in [2.24, 2.45) is 5.73 Å². The molecule has 17 heavy (non-hydrogen) atoms. The summed E-state index contributed by atoms with van der Waals surface area (Å²) < 4.78 is 1.33. The van der Waals surface area contributed by atoms with Crippen LogP contribution in [0.4, 0.5) is 0 Å². The van der Waals surface area contributed by atoms with Gasteiger partial charge in [-0.05, 0) is 31.0 Å². The van der Waals surface area contributed by atoms with E-state index in [4.69, 9.17) is 5.73 Å². The molecule has 2 aromatic heterocycles. The van der Waals surface area contributed by atoms with E-state index >= 15 is 0 Å². The number of fused-ring (bicyclic) bond motifs is 1. The lowest BCUT2D eigenvalue weighted by molar-refractivity contribution is 0.225. The Labute approximate surface area is 105 Å². The summed E-state index contributed by atoms with van der Waals surface area (Å²) in [6.45, 7) is 2.06. The van der Waals surface area contributed by atoms with Gasteiger partial charge in [0, 0.05) is 41.3 Å². The predicted octanol–water partition coefficient (Wildman–Crippen LogP) is 2.04. The SMILES string of the molecule is CN1CC(N)CC(c2nccc3sccc23)C1. The van der Waals surface area contributed by atoms with Gasteiger partial charge in [-0.2, -0.15) is 0 Å². The van der Waals surface area contributed by atoms with Gasteiger partial charge < -0.3 is 10.6 Å². The van der Waals surface area contributed by atoms with Crippen LogP contribution in [0.2, 0.25) is 0 Å². The largest absolute Gasteiger partial charge is 0.327 e. The van der Waals surface area contributed by atoms with Gasteiger partial charge in [0.1, 0.15) is 0 Å². The van der Waals surface area contributed by atoms with Gasteiger partial charge in [-0.3, -0.25) is 4.98 Å². The first-order valence-electron chi connectivity index (χ1n) is 6.00. The first kappa shape index (κ1) is 11.1. The molecule has 0 amide bonds. The smallest absolute Gasteiger partial charge is 0.0534 e. The molecule has 0 aliphatic carbocycles. The number of hydrogen-bond donors (Lipinski definition) is 1. The molecule has 1 saturated heterocycles. The quantitative estimate of drug-likeness (QED) is 0.838. The van der Waals surface area contributed by atoms with Gasteiger partial charge in [0.25, 0.3) is 0 Å². The molecule has 2 unspecified atom stereocenters. The molecule has 2 N–H and O–H groups in total. The van der Waals surface area contributed by atoms with Gasteiger partial charge in [0.2, 0.25) is 0 Å². The van der Waals surface area contributed by atoms with Gasteiger partial charge in [0.15, 0.2) is 0 Å². The van der Waals surface area contributed by atoms with Gasteiger partial charge >= 0.3 is 0 Å². The monoisotopic (exact) mass is 247 g/mol. The van der Waals surface area contributed by atoms with Gasteiger partial charge in [0.05, 0.1) is 5.69 Å². The molecule has 0 radical (unpaired) electrons. The molecular weight excluding hydrogens is 230 g/mol. The molecule has 2 aromatic rings. The van der Waals surface area contributed by atoms with Gasteiger partial charge in [-0.1, -0.05) is 0 Å². The van der Waals surface area contributed by atoms with E-state index in [0.717, 1.165) is 19.5 Å². The Morgan fingerprint density at radius 2 is 2.29 bits per heavy atom. The van der Waals surface area contributed by atoms with Crippen molar-refractivity contribution in [2.45, 2.75) is 18.4 Å². The Bertz CT molecular complexity index is 512. The average molecular weight is 247 g/mol. The second-order valence-electron chi connectivity index (χ2n) is 4.94. The van der Waals surface area contributed by atoms with Crippen LogP contribution in [0.25, 0.3) is 10.1 Å². The van der Waals surface area contributed by atoms with Crippen LogP contribution >= 0.6 is 11.3 Å². The lowest BCUT2D eigenvalue weighted by atomic mass is 9.90.